The second-order valence-electron chi connectivity index (χ2n) is 4.34. The SMILES string of the molecule is CCOc1ccc(C(N)=O)cc1COc1ccccc1Cl. The maximum absolute atomic E-state index is 11.3. The van der Waals surface area contributed by atoms with Gasteiger partial charge in [-0.05, 0) is 37.3 Å². The van der Waals surface area contributed by atoms with Gasteiger partial charge in [0.25, 0.3) is 0 Å². The van der Waals surface area contributed by atoms with Crippen LogP contribution in [0.25, 0.3) is 0 Å². The van der Waals surface area contributed by atoms with Crippen molar-refractivity contribution in [1.29, 1.82) is 0 Å². The van der Waals surface area contributed by atoms with E-state index in [0.29, 0.717) is 28.7 Å². The average molecular weight is 306 g/mol. The Morgan fingerprint density at radius 3 is 2.57 bits per heavy atom. The highest BCUT2D eigenvalue weighted by Gasteiger charge is 2.10. The summed E-state index contributed by atoms with van der Waals surface area (Å²) in [5.41, 5.74) is 6.45. The predicted molar refractivity (Wildman–Crippen MR) is 81.9 cm³/mol. The lowest BCUT2D eigenvalue weighted by Gasteiger charge is -2.13. The van der Waals surface area contributed by atoms with Crippen molar-refractivity contribution >= 4 is 17.5 Å². The Balaban J connectivity index is 2.22. The van der Waals surface area contributed by atoms with Crippen LogP contribution in [0.2, 0.25) is 5.02 Å². The Labute approximate surface area is 128 Å². The number of hydrogen-bond acceptors (Lipinski definition) is 3. The summed E-state index contributed by atoms with van der Waals surface area (Å²) in [6.07, 6.45) is 0. The molecule has 0 bridgehead atoms. The average Bonchev–Trinajstić information content (AvgIpc) is 2.47. The monoisotopic (exact) mass is 305 g/mol. The second kappa shape index (κ2) is 6.99. The molecule has 1 amide bonds. The third kappa shape index (κ3) is 3.89. The summed E-state index contributed by atoms with van der Waals surface area (Å²) in [7, 11) is 0. The molecule has 0 spiro atoms. The van der Waals surface area contributed by atoms with Gasteiger partial charge in [0, 0.05) is 11.1 Å². The van der Waals surface area contributed by atoms with Gasteiger partial charge in [0.15, 0.2) is 0 Å². The van der Waals surface area contributed by atoms with Crippen molar-refractivity contribution in [3.05, 3.63) is 58.6 Å². The first-order valence-electron chi connectivity index (χ1n) is 6.54. The molecule has 0 aliphatic rings. The molecule has 110 valence electrons. The van der Waals surface area contributed by atoms with Crippen molar-refractivity contribution in [2.24, 2.45) is 5.73 Å². The number of nitrogens with two attached hydrogens (primary N) is 1. The normalized spacial score (nSPS) is 10.2. The van der Waals surface area contributed by atoms with E-state index in [1.54, 1.807) is 30.3 Å². The van der Waals surface area contributed by atoms with Gasteiger partial charge >= 0.3 is 0 Å². The van der Waals surface area contributed by atoms with Crippen LogP contribution in [0.3, 0.4) is 0 Å². The van der Waals surface area contributed by atoms with Crippen LogP contribution in [0.4, 0.5) is 0 Å². The van der Waals surface area contributed by atoms with Gasteiger partial charge in [-0.1, -0.05) is 23.7 Å². The molecule has 0 saturated heterocycles. The van der Waals surface area contributed by atoms with Crippen LogP contribution in [0.15, 0.2) is 42.5 Å². The highest BCUT2D eigenvalue weighted by molar-refractivity contribution is 6.32. The highest BCUT2D eigenvalue weighted by Crippen LogP contribution is 2.26. The van der Waals surface area contributed by atoms with Crippen LogP contribution in [-0.2, 0) is 6.61 Å². The lowest BCUT2D eigenvalue weighted by atomic mass is 10.1. The fraction of sp³-hybridized carbons (Fsp3) is 0.188. The van der Waals surface area contributed by atoms with Crippen molar-refractivity contribution < 1.29 is 14.3 Å². The molecule has 2 aromatic carbocycles. The highest BCUT2D eigenvalue weighted by atomic mass is 35.5. The van der Waals surface area contributed by atoms with Gasteiger partial charge in [-0.2, -0.15) is 0 Å². The number of amides is 1. The Morgan fingerprint density at radius 2 is 1.90 bits per heavy atom. The molecule has 0 fully saturated rings. The van der Waals surface area contributed by atoms with Gasteiger partial charge in [-0.15, -0.1) is 0 Å². The summed E-state index contributed by atoms with van der Waals surface area (Å²) in [6.45, 7) is 2.65. The first-order valence-corrected chi connectivity index (χ1v) is 6.92. The molecule has 2 N–H and O–H groups in total. The lowest BCUT2D eigenvalue weighted by molar-refractivity contribution is 0.1000. The third-order valence-corrected chi connectivity index (χ3v) is 3.18. The third-order valence-electron chi connectivity index (χ3n) is 2.86. The van der Waals surface area contributed by atoms with Crippen molar-refractivity contribution in [1.82, 2.24) is 0 Å². The molecule has 0 aliphatic heterocycles. The smallest absolute Gasteiger partial charge is 0.248 e. The van der Waals surface area contributed by atoms with E-state index < -0.39 is 5.91 Å². The molecular weight excluding hydrogens is 290 g/mol. The molecule has 0 radical (unpaired) electrons. The van der Waals surface area contributed by atoms with Crippen molar-refractivity contribution in [3.8, 4) is 11.5 Å². The topological polar surface area (TPSA) is 61.5 Å². The number of hydrogen-bond donors (Lipinski definition) is 1. The van der Waals surface area contributed by atoms with Crippen LogP contribution < -0.4 is 15.2 Å². The molecule has 0 aromatic heterocycles. The first-order chi connectivity index (χ1) is 10.1. The van der Waals surface area contributed by atoms with Gasteiger partial charge in [-0.3, -0.25) is 4.79 Å². The molecule has 2 rings (SSSR count). The molecule has 0 aliphatic carbocycles. The van der Waals surface area contributed by atoms with Crippen LogP contribution >= 0.6 is 11.6 Å². The summed E-state index contributed by atoms with van der Waals surface area (Å²) < 4.78 is 11.2. The largest absolute Gasteiger partial charge is 0.493 e. The number of primary amides is 1. The number of para-hydroxylation sites is 1. The molecule has 21 heavy (non-hydrogen) atoms. The maximum Gasteiger partial charge on any atom is 0.248 e. The summed E-state index contributed by atoms with van der Waals surface area (Å²) in [4.78, 5) is 11.3. The number of ether oxygens (including phenoxy) is 2. The molecule has 0 unspecified atom stereocenters. The first kappa shape index (κ1) is 15.2. The summed E-state index contributed by atoms with van der Waals surface area (Å²) >= 11 is 6.04. The van der Waals surface area contributed by atoms with Crippen molar-refractivity contribution in [2.45, 2.75) is 13.5 Å². The fourth-order valence-corrected chi connectivity index (χ4v) is 2.05. The van der Waals surface area contributed by atoms with Crippen LogP contribution in [-0.4, -0.2) is 12.5 Å². The van der Waals surface area contributed by atoms with E-state index in [-0.39, 0.29) is 6.61 Å². The molecule has 2 aromatic rings. The van der Waals surface area contributed by atoms with E-state index in [4.69, 9.17) is 26.8 Å². The van der Waals surface area contributed by atoms with Crippen LogP contribution in [0, 0.1) is 0 Å². The molecule has 0 saturated carbocycles. The zero-order chi connectivity index (χ0) is 15.2. The number of halogens is 1. The van der Waals surface area contributed by atoms with E-state index in [2.05, 4.69) is 0 Å². The van der Waals surface area contributed by atoms with E-state index in [9.17, 15) is 4.79 Å². The van der Waals surface area contributed by atoms with Crippen molar-refractivity contribution in [3.63, 3.8) is 0 Å². The van der Waals surface area contributed by atoms with E-state index in [0.717, 1.165) is 5.56 Å². The zero-order valence-corrected chi connectivity index (χ0v) is 12.4. The molecule has 0 heterocycles. The summed E-state index contributed by atoms with van der Waals surface area (Å²) in [5, 5.41) is 0.529. The zero-order valence-electron chi connectivity index (χ0n) is 11.6. The van der Waals surface area contributed by atoms with Gasteiger partial charge in [-0.25, -0.2) is 0 Å². The minimum atomic E-state index is -0.489. The quantitative estimate of drug-likeness (QED) is 0.889. The summed E-state index contributed by atoms with van der Waals surface area (Å²) in [6, 6.07) is 12.2. The standard InChI is InChI=1S/C16H16ClNO3/c1-2-20-14-8-7-11(16(18)19)9-12(14)10-21-15-6-4-3-5-13(15)17/h3-9H,2,10H2,1H3,(H2,18,19). The van der Waals surface area contributed by atoms with Crippen LogP contribution in [0.5, 0.6) is 11.5 Å². The van der Waals surface area contributed by atoms with Gasteiger partial charge in [0.05, 0.1) is 11.6 Å². The Morgan fingerprint density at radius 1 is 1.14 bits per heavy atom. The summed E-state index contributed by atoms with van der Waals surface area (Å²) in [5.74, 6) is 0.748. The van der Waals surface area contributed by atoms with Gasteiger partial charge in [0.1, 0.15) is 18.1 Å². The van der Waals surface area contributed by atoms with Crippen molar-refractivity contribution in [2.75, 3.05) is 6.61 Å². The Kier molecular flexibility index (Phi) is 5.06. The predicted octanol–water partition coefficient (Wildman–Crippen LogP) is 3.42. The van der Waals surface area contributed by atoms with Gasteiger partial charge in [0.2, 0.25) is 5.91 Å². The number of rotatable bonds is 6. The number of benzene rings is 2. The minimum absolute atomic E-state index is 0.236. The fourth-order valence-electron chi connectivity index (χ4n) is 1.86. The molecule has 0 atom stereocenters. The van der Waals surface area contributed by atoms with E-state index in [1.807, 2.05) is 19.1 Å². The number of carbonyl (C=O) groups excluding carboxylic acids is 1. The molecule has 5 heteroatoms. The maximum atomic E-state index is 11.3. The van der Waals surface area contributed by atoms with Crippen LogP contribution in [0.1, 0.15) is 22.8 Å². The molecule has 4 nitrogen and oxygen atoms in total. The Bertz CT molecular complexity index is 643. The second-order valence-corrected chi connectivity index (χ2v) is 4.75. The minimum Gasteiger partial charge on any atom is -0.493 e. The molecular formula is C16H16ClNO3. The van der Waals surface area contributed by atoms with Gasteiger partial charge < -0.3 is 15.2 Å². The Hall–Kier alpha value is -2.20. The van der Waals surface area contributed by atoms with E-state index in [1.165, 1.54) is 0 Å². The number of carbonyl (C=O) groups is 1. The lowest BCUT2D eigenvalue weighted by Crippen LogP contribution is -2.12. The van der Waals surface area contributed by atoms with E-state index >= 15 is 0 Å².